The highest BCUT2D eigenvalue weighted by atomic mass is 32.1. The molecule has 0 spiro atoms. The van der Waals surface area contributed by atoms with E-state index in [-0.39, 0.29) is 5.54 Å². The molecule has 3 heteroatoms. The lowest BCUT2D eigenvalue weighted by Crippen LogP contribution is -2.42. The number of hydrogen-bond acceptors (Lipinski definition) is 3. The predicted octanol–water partition coefficient (Wildman–Crippen LogP) is 2.49. The second-order valence-corrected chi connectivity index (χ2v) is 6.33. The van der Waals surface area contributed by atoms with Gasteiger partial charge in [-0.25, -0.2) is 4.98 Å². The highest BCUT2D eigenvalue weighted by molar-refractivity contribution is 7.11. The number of nitrogens with two attached hydrogens (primary N) is 1. The monoisotopic (exact) mass is 244 g/mol. The molecule has 0 fully saturated rings. The lowest BCUT2D eigenvalue weighted by molar-refractivity contribution is 0.449. The van der Waals surface area contributed by atoms with Gasteiger partial charge in [-0.1, -0.05) is 24.3 Å². The van der Waals surface area contributed by atoms with E-state index in [2.05, 4.69) is 29.2 Å². The van der Waals surface area contributed by atoms with Gasteiger partial charge in [-0.2, -0.15) is 0 Å². The van der Waals surface area contributed by atoms with Crippen molar-refractivity contribution in [3.63, 3.8) is 0 Å². The van der Waals surface area contributed by atoms with Gasteiger partial charge in [0.25, 0.3) is 0 Å². The van der Waals surface area contributed by atoms with Crippen LogP contribution in [-0.2, 0) is 19.3 Å². The molecule has 1 heterocycles. The molecule has 0 aliphatic heterocycles. The lowest BCUT2D eigenvalue weighted by atomic mass is 9.92. The van der Waals surface area contributed by atoms with Gasteiger partial charge < -0.3 is 5.73 Å². The second-order valence-electron chi connectivity index (χ2n) is 5.01. The molecule has 3 rings (SSSR count). The summed E-state index contributed by atoms with van der Waals surface area (Å²) < 4.78 is 0. The maximum Gasteiger partial charge on any atom is 0.0896 e. The lowest BCUT2D eigenvalue weighted by Gasteiger charge is -2.22. The molecule has 2 aromatic rings. The maximum absolute atomic E-state index is 6.53. The normalized spacial score (nSPS) is 17.1. The minimum absolute atomic E-state index is 0.108. The number of benzene rings is 1. The Morgan fingerprint density at radius 1 is 1.29 bits per heavy atom. The predicted molar refractivity (Wildman–Crippen MR) is 71.3 cm³/mol. The summed E-state index contributed by atoms with van der Waals surface area (Å²) in [4.78, 5) is 5.61. The van der Waals surface area contributed by atoms with Gasteiger partial charge in [0.2, 0.25) is 0 Å². The van der Waals surface area contributed by atoms with Gasteiger partial charge in [0.05, 0.1) is 5.01 Å². The quantitative estimate of drug-likeness (QED) is 0.881. The Bertz CT molecular complexity index is 520. The van der Waals surface area contributed by atoms with E-state index < -0.39 is 0 Å². The van der Waals surface area contributed by atoms with Crippen LogP contribution in [0, 0.1) is 6.92 Å². The number of rotatable bonds is 2. The molecule has 1 aromatic carbocycles. The van der Waals surface area contributed by atoms with Gasteiger partial charge >= 0.3 is 0 Å². The summed E-state index contributed by atoms with van der Waals surface area (Å²) in [7, 11) is 0. The van der Waals surface area contributed by atoms with E-state index in [0.717, 1.165) is 24.3 Å². The van der Waals surface area contributed by atoms with Crippen molar-refractivity contribution >= 4 is 11.3 Å². The van der Waals surface area contributed by atoms with Crippen LogP contribution in [0.15, 0.2) is 30.5 Å². The third-order valence-corrected chi connectivity index (χ3v) is 4.31. The number of aryl methyl sites for hydroxylation is 1. The average molecular weight is 244 g/mol. The van der Waals surface area contributed by atoms with Gasteiger partial charge in [0.15, 0.2) is 0 Å². The Balaban J connectivity index is 1.82. The standard InChI is InChI=1S/C14H16N2S/c1-10-16-9-13(17-10)8-14(15)6-11-4-2-3-5-12(11)7-14/h2-5,9H,6-8,15H2,1H3. The molecule has 0 amide bonds. The molecule has 2 N–H and O–H groups in total. The van der Waals surface area contributed by atoms with Crippen LogP contribution in [0.4, 0.5) is 0 Å². The highest BCUT2D eigenvalue weighted by Crippen LogP contribution is 2.31. The van der Waals surface area contributed by atoms with Gasteiger partial charge in [-0.05, 0) is 30.9 Å². The molecule has 2 nitrogen and oxygen atoms in total. The molecule has 0 atom stereocenters. The first-order chi connectivity index (χ1) is 8.15. The third-order valence-electron chi connectivity index (χ3n) is 3.40. The summed E-state index contributed by atoms with van der Waals surface area (Å²) in [6.45, 7) is 2.04. The van der Waals surface area contributed by atoms with Crippen molar-refractivity contribution in [2.75, 3.05) is 0 Å². The first kappa shape index (κ1) is 10.9. The molecular weight excluding hydrogens is 228 g/mol. The zero-order chi connectivity index (χ0) is 11.9. The molecule has 17 heavy (non-hydrogen) atoms. The molecular formula is C14H16N2S. The van der Waals surface area contributed by atoms with Crippen LogP contribution in [0.1, 0.15) is 21.0 Å². The van der Waals surface area contributed by atoms with Crippen molar-refractivity contribution in [2.45, 2.75) is 31.7 Å². The molecule has 1 aromatic heterocycles. The number of nitrogens with zero attached hydrogens (tertiary/aromatic N) is 1. The smallest absolute Gasteiger partial charge is 0.0896 e. The van der Waals surface area contributed by atoms with Crippen LogP contribution in [0.3, 0.4) is 0 Å². The Morgan fingerprint density at radius 2 is 1.94 bits per heavy atom. The Hall–Kier alpha value is -1.19. The van der Waals surface area contributed by atoms with Gasteiger partial charge in [-0.3, -0.25) is 0 Å². The zero-order valence-electron chi connectivity index (χ0n) is 9.94. The van der Waals surface area contributed by atoms with Crippen molar-refractivity contribution in [3.8, 4) is 0 Å². The third kappa shape index (κ3) is 2.13. The summed E-state index contributed by atoms with van der Waals surface area (Å²) in [5, 5.41) is 1.12. The summed E-state index contributed by atoms with van der Waals surface area (Å²) in [6, 6.07) is 8.59. The Kier molecular flexibility index (Phi) is 2.53. The fraction of sp³-hybridized carbons (Fsp3) is 0.357. The fourth-order valence-electron chi connectivity index (χ4n) is 2.68. The minimum Gasteiger partial charge on any atom is -0.324 e. The van der Waals surface area contributed by atoms with Crippen LogP contribution in [-0.4, -0.2) is 10.5 Å². The Labute approximate surface area is 106 Å². The van der Waals surface area contributed by atoms with Crippen LogP contribution >= 0.6 is 11.3 Å². The van der Waals surface area contributed by atoms with E-state index in [1.54, 1.807) is 11.3 Å². The van der Waals surface area contributed by atoms with Crippen molar-refractivity contribution < 1.29 is 0 Å². The number of hydrogen-bond donors (Lipinski definition) is 1. The summed E-state index contributed by atoms with van der Waals surface area (Å²) in [6.07, 6.45) is 4.88. The second kappa shape index (κ2) is 3.93. The zero-order valence-corrected chi connectivity index (χ0v) is 10.8. The largest absolute Gasteiger partial charge is 0.324 e. The van der Waals surface area contributed by atoms with E-state index in [9.17, 15) is 0 Å². The van der Waals surface area contributed by atoms with Crippen LogP contribution in [0.25, 0.3) is 0 Å². The van der Waals surface area contributed by atoms with E-state index >= 15 is 0 Å². The van der Waals surface area contributed by atoms with Crippen LogP contribution in [0.5, 0.6) is 0 Å². The van der Waals surface area contributed by atoms with E-state index in [0.29, 0.717) is 0 Å². The molecule has 0 saturated heterocycles. The average Bonchev–Trinajstić information content (AvgIpc) is 2.81. The summed E-state index contributed by atoms with van der Waals surface area (Å²) >= 11 is 1.76. The van der Waals surface area contributed by atoms with Crippen molar-refractivity contribution in [1.82, 2.24) is 4.98 Å². The molecule has 0 bridgehead atoms. The molecule has 0 saturated carbocycles. The highest BCUT2D eigenvalue weighted by Gasteiger charge is 2.33. The van der Waals surface area contributed by atoms with Crippen molar-refractivity contribution in [2.24, 2.45) is 5.73 Å². The molecule has 88 valence electrons. The summed E-state index contributed by atoms with van der Waals surface area (Å²) in [5.41, 5.74) is 9.25. The van der Waals surface area contributed by atoms with Crippen LogP contribution < -0.4 is 5.73 Å². The van der Waals surface area contributed by atoms with Crippen LogP contribution in [0.2, 0.25) is 0 Å². The molecule has 1 aliphatic carbocycles. The van der Waals surface area contributed by atoms with E-state index in [1.165, 1.54) is 16.0 Å². The van der Waals surface area contributed by atoms with E-state index in [4.69, 9.17) is 5.73 Å². The van der Waals surface area contributed by atoms with Gasteiger partial charge in [-0.15, -0.1) is 11.3 Å². The van der Waals surface area contributed by atoms with Crippen molar-refractivity contribution in [1.29, 1.82) is 0 Å². The van der Waals surface area contributed by atoms with Crippen molar-refractivity contribution in [3.05, 3.63) is 51.5 Å². The molecule has 0 unspecified atom stereocenters. The van der Waals surface area contributed by atoms with E-state index in [1.807, 2.05) is 13.1 Å². The fourth-order valence-corrected chi connectivity index (χ4v) is 3.63. The maximum atomic E-state index is 6.53. The van der Waals surface area contributed by atoms with Gasteiger partial charge in [0.1, 0.15) is 0 Å². The minimum atomic E-state index is -0.108. The first-order valence-electron chi connectivity index (χ1n) is 5.92. The Morgan fingerprint density at radius 3 is 2.47 bits per heavy atom. The topological polar surface area (TPSA) is 38.9 Å². The number of fused-ring (bicyclic) bond motifs is 1. The number of thiazole rings is 1. The molecule has 0 radical (unpaired) electrons. The first-order valence-corrected chi connectivity index (χ1v) is 6.73. The number of aromatic nitrogens is 1. The molecule has 1 aliphatic rings. The van der Waals surface area contributed by atoms with Gasteiger partial charge in [0, 0.05) is 23.0 Å². The summed E-state index contributed by atoms with van der Waals surface area (Å²) in [5.74, 6) is 0. The SMILES string of the molecule is Cc1ncc(CC2(N)Cc3ccccc3C2)s1.